The summed E-state index contributed by atoms with van der Waals surface area (Å²) in [6, 6.07) is 25.3. The molecule has 0 fully saturated rings. The lowest BCUT2D eigenvalue weighted by Gasteiger charge is -2.26. The van der Waals surface area contributed by atoms with Crippen molar-refractivity contribution in [1.29, 1.82) is 0 Å². The van der Waals surface area contributed by atoms with Crippen LogP contribution in [-0.2, 0) is 18.4 Å². The van der Waals surface area contributed by atoms with Gasteiger partial charge in [-0.2, -0.15) is 0 Å². The molecule has 3 aromatic carbocycles. The van der Waals surface area contributed by atoms with Crippen LogP contribution in [0.5, 0.6) is 11.5 Å². The number of carbonyl (C=O) groups excluding carboxylic acids is 1. The Morgan fingerprint density at radius 1 is 0.942 bits per heavy atom. The Labute approximate surface area is 308 Å². The molecule has 0 aliphatic heterocycles. The van der Waals surface area contributed by atoms with Gasteiger partial charge in [0.1, 0.15) is 18.1 Å². The summed E-state index contributed by atoms with van der Waals surface area (Å²) in [4.78, 5) is 30.5. The van der Waals surface area contributed by atoms with Gasteiger partial charge in [-0.1, -0.05) is 42.4 Å². The zero-order valence-corrected chi connectivity index (χ0v) is 30.6. The van der Waals surface area contributed by atoms with Crippen LogP contribution >= 0.6 is 11.6 Å². The molecule has 0 unspecified atom stereocenters. The van der Waals surface area contributed by atoms with Crippen molar-refractivity contribution < 1.29 is 14.3 Å². The molecular weight excluding hydrogens is 676 g/mol. The van der Waals surface area contributed by atoms with Gasteiger partial charge in [-0.3, -0.25) is 9.78 Å². The molecule has 11 nitrogen and oxygen atoms in total. The van der Waals surface area contributed by atoms with E-state index in [4.69, 9.17) is 26.1 Å². The molecule has 6 aromatic rings. The molecule has 0 bridgehead atoms. The fraction of sp³-hybridized carbons (Fsp3) is 0.200. The van der Waals surface area contributed by atoms with Gasteiger partial charge in [0.05, 0.1) is 46.3 Å². The smallest absolute Gasteiger partial charge is 0.247 e. The van der Waals surface area contributed by atoms with Gasteiger partial charge >= 0.3 is 0 Å². The van der Waals surface area contributed by atoms with Gasteiger partial charge in [-0.05, 0) is 68.7 Å². The first-order chi connectivity index (χ1) is 25.2. The largest absolute Gasteiger partial charge is 0.494 e. The molecule has 3 aromatic heterocycles. The van der Waals surface area contributed by atoms with E-state index in [0.29, 0.717) is 46.1 Å². The van der Waals surface area contributed by atoms with Crippen molar-refractivity contribution in [1.82, 2.24) is 24.4 Å². The number of amides is 1. The third-order valence-corrected chi connectivity index (χ3v) is 8.92. The number of rotatable bonds is 14. The number of nitrogens with one attached hydrogen (secondary N) is 2. The molecule has 0 atom stereocenters. The van der Waals surface area contributed by atoms with E-state index in [0.717, 1.165) is 52.2 Å². The number of anilines is 4. The minimum Gasteiger partial charge on any atom is -0.494 e. The maximum absolute atomic E-state index is 12.5. The summed E-state index contributed by atoms with van der Waals surface area (Å²) in [6.07, 6.45) is 4.69. The second-order valence-corrected chi connectivity index (χ2v) is 12.8. The highest BCUT2D eigenvalue weighted by atomic mass is 35.5. The molecule has 0 aliphatic rings. The lowest BCUT2D eigenvalue weighted by Crippen LogP contribution is -2.29. The minimum absolute atomic E-state index is 0.304. The number of ether oxygens (including phenoxy) is 2. The van der Waals surface area contributed by atoms with Crippen LogP contribution in [-0.4, -0.2) is 71.7 Å². The van der Waals surface area contributed by atoms with E-state index in [9.17, 15) is 4.79 Å². The van der Waals surface area contributed by atoms with Crippen LogP contribution in [0.2, 0.25) is 5.02 Å². The van der Waals surface area contributed by atoms with Crippen molar-refractivity contribution in [2.75, 3.05) is 56.9 Å². The van der Waals surface area contributed by atoms with Gasteiger partial charge in [0.2, 0.25) is 11.9 Å². The summed E-state index contributed by atoms with van der Waals surface area (Å²) in [5.74, 6) is 1.15. The van der Waals surface area contributed by atoms with Crippen LogP contribution in [0.3, 0.4) is 0 Å². The molecule has 0 aliphatic carbocycles. The summed E-state index contributed by atoms with van der Waals surface area (Å²) < 4.78 is 14.0. The molecule has 3 heterocycles. The molecule has 1 amide bonds. The van der Waals surface area contributed by atoms with Crippen molar-refractivity contribution >= 4 is 51.4 Å². The number of para-hydroxylation sites is 1. The summed E-state index contributed by atoms with van der Waals surface area (Å²) in [5.41, 5.74) is 7.26. The van der Waals surface area contributed by atoms with E-state index >= 15 is 0 Å². The van der Waals surface area contributed by atoms with E-state index in [1.54, 1.807) is 19.5 Å². The summed E-state index contributed by atoms with van der Waals surface area (Å²) in [7, 11) is 9.64. The molecule has 2 N–H and O–H groups in total. The number of aryl methyl sites for hydroxylation is 1. The van der Waals surface area contributed by atoms with Gasteiger partial charge in [-0.25, -0.2) is 9.97 Å². The average molecular weight is 717 g/mol. The molecule has 266 valence electrons. The van der Waals surface area contributed by atoms with E-state index in [2.05, 4.69) is 53.7 Å². The topological polar surface area (TPSA) is 110 Å². The number of carbonyl (C=O) groups is 1. The van der Waals surface area contributed by atoms with Crippen molar-refractivity contribution in [2.45, 2.75) is 6.61 Å². The molecule has 0 radical (unpaired) electrons. The Hall–Kier alpha value is -5.91. The van der Waals surface area contributed by atoms with Crippen molar-refractivity contribution in [3.63, 3.8) is 0 Å². The highest BCUT2D eigenvalue weighted by molar-refractivity contribution is 6.32. The number of aromatic nitrogens is 4. The number of likely N-dealkylation sites (N-methyl/N-ethyl adjacent to an activating group) is 2. The van der Waals surface area contributed by atoms with Crippen LogP contribution in [0.15, 0.2) is 104 Å². The number of halogens is 1. The predicted molar refractivity (Wildman–Crippen MR) is 210 cm³/mol. The highest BCUT2D eigenvalue weighted by Crippen LogP contribution is 2.42. The fourth-order valence-corrected chi connectivity index (χ4v) is 6.21. The lowest BCUT2D eigenvalue weighted by atomic mass is 10.0. The second-order valence-electron chi connectivity index (χ2n) is 12.4. The normalized spacial score (nSPS) is 11.1. The number of pyridine rings is 1. The van der Waals surface area contributed by atoms with Crippen LogP contribution in [0.4, 0.5) is 23.0 Å². The Morgan fingerprint density at radius 3 is 2.48 bits per heavy atom. The van der Waals surface area contributed by atoms with Crippen LogP contribution in [0, 0.1) is 0 Å². The number of methoxy groups -OCH3 is 1. The standard InChI is InChI=1S/C40H41ClN8O3/c1-7-37(50)44-31-23-32(36(51-6)24-34(31)48(4)21-20-47(2)3)46-40-43-19-17-30(45-40)38-28-13-8-9-14-33(28)49(5)39(38)26-15-16-35(29(41)22-26)52-25-27-12-10-11-18-42-27/h7-19,22-24H,1,20-21,25H2,2-6H3,(H,44,50)(H,43,45,46). The molecule has 0 saturated carbocycles. The van der Waals surface area contributed by atoms with Gasteiger partial charge < -0.3 is 34.5 Å². The quantitative estimate of drug-likeness (QED) is 0.109. The molecule has 0 saturated heterocycles. The maximum atomic E-state index is 12.5. The zero-order chi connectivity index (χ0) is 36.8. The first-order valence-electron chi connectivity index (χ1n) is 16.7. The number of nitrogens with zero attached hydrogens (tertiary/aromatic N) is 6. The average Bonchev–Trinajstić information content (AvgIpc) is 3.45. The van der Waals surface area contributed by atoms with E-state index in [1.165, 1.54) is 6.08 Å². The van der Waals surface area contributed by atoms with Crippen molar-refractivity contribution in [2.24, 2.45) is 7.05 Å². The van der Waals surface area contributed by atoms with Gasteiger partial charge in [0.25, 0.3) is 0 Å². The summed E-state index contributed by atoms with van der Waals surface area (Å²) in [5, 5.41) is 7.79. The number of fused-ring (bicyclic) bond motifs is 1. The number of hydrogen-bond acceptors (Lipinski definition) is 9. The SMILES string of the molecule is C=CC(=O)Nc1cc(Nc2nccc(-c3c(-c4ccc(OCc5ccccn5)c(Cl)c4)n(C)c4ccccc34)n2)c(OC)cc1N(C)CCN(C)C. The van der Waals surface area contributed by atoms with Crippen molar-refractivity contribution in [3.8, 4) is 34.0 Å². The lowest BCUT2D eigenvalue weighted by molar-refractivity contribution is -0.111. The molecule has 12 heteroatoms. The highest BCUT2D eigenvalue weighted by Gasteiger charge is 2.22. The van der Waals surface area contributed by atoms with Crippen molar-refractivity contribution in [3.05, 3.63) is 115 Å². The van der Waals surface area contributed by atoms with E-state index in [-0.39, 0.29) is 5.91 Å². The van der Waals surface area contributed by atoms with E-state index in [1.807, 2.05) is 94.9 Å². The first kappa shape index (κ1) is 35.9. The summed E-state index contributed by atoms with van der Waals surface area (Å²) >= 11 is 6.82. The Balaban J connectivity index is 1.37. The molecule has 6 rings (SSSR count). The monoisotopic (exact) mass is 716 g/mol. The van der Waals surface area contributed by atoms with Crippen LogP contribution in [0.1, 0.15) is 5.69 Å². The zero-order valence-electron chi connectivity index (χ0n) is 29.9. The van der Waals surface area contributed by atoms with Gasteiger partial charge in [-0.15, -0.1) is 0 Å². The molecular formula is C40H41ClN8O3. The third kappa shape index (κ3) is 7.85. The molecule has 52 heavy (non-hydrogen) atoms. The minimum atomic E-state index is -0.326. The molecule has 0 spiro atoms. The second kappa shape index (κ2) is 16.0. The number of benzene rings is 3. The Morgan fingerprint density at radius 2 is 1.75 bits per heavy atom. The van der Waals surface area contributed by atoms with E-state index < -0.39 is 0 Å². The van der Waals surface area contributed by atoms with Gasteiger partial charge in [0, 0.05) is 67.7 Å². The number of hydrogen-bond donors (Lipinski definition) is 2. The Kier molecular flexibility index (Phi) is 11.0. The predicted octanol–water partition coefficient (Wildman–Crippen LogP) is 7.80. The van der Waals surface area contributed by atoms with Crippen LogP contribution < -0.4 is 25.0 Å². The first-order valence-corrected chi connectivity index (χ1v) is 17.1. The van der Waals surface area contributed by atoms with Gasteiger partial charge in [0.15, 0.2) is 0 Å². The van der Waals surface area contributed by atoms with Crippen LogP contribution in [0.25, 0.3) is 33.4 Å². The fourth-order valence-electron chi connectivity index (χ4n) is 5.98. The summed E-state index contributed by atoms with van der Waals surface area (Å²) in [6.45, 7) is 5.47. The maximum Gasteiger partial charge on any atom is 0.247 e. The third-order valence-electron chi connectivity index (χ3n) is 8.63. The Bertz CT molecular complexity index is 2220.